The highest BCUT2D eigenvalue weighted by molar-refractivity contribution is 6.06. The lowest BCUT2D eigenvalue weighted by Gasteiger charge is -2.43. The second-order valence-electron chi connectivity index (χ2n) is 9.77. The number of hydrogen-bond acceptors (Lipinski definition) is 5. The van der Waals surface area contributed by atoms with E-state index in [1.165, 1.54) is 17.9 Å². The van der Waals surface area contributed by atoms with Gasteiger partial charge in [-0.2, -0.15) is 5.10 Å². The van der Waals surface area contributed by atoms with Gasteiger partial charge in [-0.25, -0.2) is 0 Å². The first kappa shape index (κ1) is 24.8. The van der Waals surface area contributed by atoms with E-state index >= 15 is 0 Å². The van der Waals surface area contributed by atoms with Gasteiger partial charge in [0.15, 0.2) is 5.69 Å². The lowest BCUT2D eigenvalue weighted by atomic mass is 9.94. The van der Waals surface area contributed by atoms with Crippen molar-refractivity contribution in [2.75, 3.05) is 19.0 Å². The molecule has 1 atom stereocenters. The van der Waals surface area contributed by atoms with Gasteiger partial charge >= 0.3 is 0 Å². The predicted octanol–water partition coefficient (Wildman–Crippen LogP) is 3.53. The standard InChI is InChI=1S/C26H35N5O4/c1-5-6-13-30-24(33)21-15-20(23(32)28-19-14-17(2)11-12-22(19)35-4)29-31(21)16-26(30,3)25(34)27-18-9-7-8-10-18/h11-12,14-15,18H,5-10,13,16H2,1-4H3,(H,27,34)(H,28,32)/t26-/m0/s1. The minimum Gasteiger partial charge on any atom is -0.495 e. The van der Waals surface area contributed by atoms with Crippen LogP contribution in [0.1, 0.15) is 78.9 Å². The van der Waals surface area contributed by atoms with Gasteiger partial charge in [0.2, 0.25) is 5.91 Å². The average molecular weight is 482 g/mol. The molecule has 1 aromatic heterocycles. The summed E-state index contributed by atoms with van der Waals surface area (Å²) in [5, 5.41) is 10.4. The first-order chi connectivity index (χ1) is 16.8. The van der Waals surface area contributed by atoms with Crippen LogP contribution >= 0.6 is 0 Å². The van der Waals surface area contributed by atoms with Crippen molar-refractivity contribution in [3.05, 3.63) is 41.2 Å². The highest BCUT2D eigenvalue weighted by Crippen LogP contribution is 2.30. The number of aryl methyl sites for hydroxylation is 1. The molecule has 0 saturated heterocycles. The monoisotopic (exact) mass is 481 g/mol. The number of aromatic nitrogens is 2. The molecule has 0 bridgehead atoms. The molecule has 1 aromatic carbocycles. The Kier molecular flexibility index (Phi) is 7.14. The van der Waals surface area contributed by atoms with E-state index in [4.69, 9.17) is 4.74 Å². The van der Waals surface area contributed by atoms with Crippen LogP contribution in [0.15, 0.2) is 24.3 Å². The normalized spacial score (nSPS) is 20.0. The number of nitrogens with zero attached hydrogens (tertiary/aromatic N) is 3. The Bertz CT molecular complexity index is 1120. The van der Waals surface area contributed by atoms with Gasteiger partial charge in [0.25, 0.3) is 11.8 Å². The zero-order valence-electron chi connectivity index (χ0n) is 21.0. The Morgan fingerprint density at radius 1 is 1.23 bits per heavy atom. The summed E-state index contributed by atoms with van der Waals surface area (Å²) in [7, 11) is 1.54. The number of carbonyl (C=O) groups is 3. The van der Waals surface area contributed by atoms with Crippen molar-refractivity contribution < 1.29 is 19.1 Å². The number of fused-ring (bicyclic) bond motifs is 1. The van der Waals surface area contributed by atoms with E-state index < -0.39 is 11.4 Å². The third-order valence-corrected chi connectivity index (χ3v) is 7.05. The number of hydrogen-bond donors (Lipinski definition) is 2. The molecule has 2 heterocycles. The number of nitrogens with one attached hydrogen (secondary N) is 2. The summed E-state index contributed by atoms with van der Waals surface area (Å²) in [6.45, 7) is 6.43. The van der Waals surface area contributed by atoms with Crippen molar-refractivity contribution in [1.82, 2.24) is 20.0 Å². The summed E-state index contributed by atoms with van der Waals surface area (Å²) in [5.74, 6) is -0.356. The van der Waals surface area contributed by atoms with Crippen molar-refractivity contribution in [1.29, 1.82) is 0 Å². The van der Waals surface area contributed by atoms with Crippen molar-refractivity contribution >= 4 is 23.4 Å². The van der Waals surface area contributed by atoms with Gasteiger partial charge in [0.1, 0.15) is 17.0 Å². The number of anilines is 1. The summed E-state index contributed by atoms with van der Waals surface area (Å²) in [6.07, 6.45) is 5.82. The quantitative estimate of drug-likeness (QED) is 0.600. The molecule has 1 aliphatic carbocycles. The SMILES string of the molecule is CCCCN1C(=O)c2cc(C(=O)Nc3cc(C)ccc3OC)nn2C[C@@]1(C)C(=O)NC1CCCC1. The lowest BCUT2D eigenvalue weighted by Crippen LogP contribution is -2.65. The fourth-order valence-electron chi connectivity index (χ4n) is 4.94. The number of unbranched alkanes of at least 4 members (excludes halogenated alkanes) is 1. The van der Waals surface area contributed by atoms with Gasteiger partial charge < -0.3 is 20.3 Å². The van der Waals surface area contributed by atoms with Crippen LogP contribution in [-0.4, -0.2) is 57.6 Å². The van der Waals surface area contributed by atoms with Crippen LogP contribution in [0.5, 0.6) is 5.75 Å². The molecule has 1 aliphatic heterocycles. The van der Waals surface area contributed by atoms with Gasteiger partial charge in [0, 0.05) is 18.7 Å². The Morgan fingerprint density at radius 2 is 1.97 bits per heavy atom. The molecule has 3 amide bonds. The second-order valence-corrected chi connectivity index (χ2v) is 9.77. The van der Waals surface area contributed by atoms with E-state index in [9.17, 15) is 14.4 Å². The van der Waals surface area contributed by atoms with E-state index in [1.54, 1.807) is 17.9 Å². The molecule has 0 radical (unpaired) electrons. The highest BCUT2D eigenvalue weighted by atomic mass is 16.5. The van der Waals surface area contributed by atoms with Gasteiger partial charge in [-0.1, -0.05) is 32.3 Å². The fourth-order valence-corrected chi connectivity index (χ4v) is 4.94. The van der Waals surface area contributed by atoms with E-state index in [-0.39, 0.29) is 30.1 Å². The third kappa shape index (κ3) is 4.90. The van der Waals surface area contributed by atoms with Crippen LogP contribution in [0.4, 0.5) is 5.69 Å². The predicted molar refractivity (Wildman–Crippen MR) is 133 cm³/mol. The van der Waals surface area contributed by atoms with Crippen molar-refractivity contribution in [2.24, 2.45) is 0 Å². The maximum Gasteiger partial charge on any atom is 0.276 e. The topological polar surface area (TPSA) is 106 Å². The maximum absolute atomic E-state index is 13.6. The van der Waals surface area contributed by atoms with Crippen molar-refractivity contribution in [3.63, 3.8) is 0 Å². The number of amides is 3. The van der Waals surface area contributed by atoms with Gasteiger partial charge in [-0.05, 0) is 50.8 Å². The minimum absolute atomic E-state index is 0.118. The highest BCUT2D eigenvalue weighted by Gasteiger charge is 2.48. The minimum atomic E-state index is -1.08. The van der Waals surface area contributed by atoms with Gasteiger partial charge in [-0.15, -0.1) is 0 Å². The second kappa shape index (κ2) is 10.1. The van der Waals surface area contributed by atoms with Crippen LogP contribution in [-0.2, 0) is 11.3 Å². The van der Waals surface area contributed by atoms with Crippen molar-refractivity contribution in [2.45, 2.75) is 77.4 Å². The zero-order valence-corrected chi connectivity index (χ0v) is 21.0. The average Bonchev–Trinajstić information content (AvgIpc) is 3.49. The largest absolute Gasteiger partial charge is 0.495 e. The van der Waals surface area contributed by atoms with E-state index in [0.717, 1.165) is 44.1 Å². The number of carbonyl (C=O) groups excluding carboxylic acids is 3. The number of ether oxygens (including phenoxy) is 1. The Balaban J connectivity index is 1.61. The molecule has 9 heteroatoms. The fraction of sp³-hybridized carbons (Fsp3) is 0.538. The molecule has 1 saturated carbocycles. The Morgan fingerprint density at radius 3 is 2.66 bits per heavy atom. The first-order valence-corrected chi connectivity index (χ1v) is 12.4. The smallest absolute Gasteiger partial charge is 0.276 e. The molecule has 0 unspecified atom stereocenters. The van der Waals surface area contributed by atoms with Crippen LogP contribution in [0, 0.1) is 6.92 Å². The molecular weight excluding hydrogens is 446 g/mol. The number of benzene rings is 1. The Labute approximate surface area is 206 Å². The van der Waals surface area contributed by atoms with E-state index in [0.29, 0.717) is 23.7 Å². The zero-order chi connectivity index (χ0) is 25.2. The van der Waals surface area contributed by atoms with Crippen LogP contribution < -0.4 is 15.4 Å². The van der Waals surface area contributed by atoms with Crippen LogP contribution in [0.2, 0.25) is 0 Å². The molecular formula is C26H35N5O4. The summed E-state index contributed by atoms with van der Waals surface area (Å²) < 4.78 is 6.85. The molecule has 35 heavy (non-hydrogen) atoms. The molecule has 0 spiro atoms. The molecule has 2 N–H and O–H groups in total. The number of methoxy groups -OCH3 is 1. The Hall–Kier alpha value is -3.36. The summed E-state index contributed by atoms with van der Waals surface area (Å²) in [5.41, 5.74) is 0.846. The molecule has 188 valence electrons. The van der Waals surface area contributed by atoms with Crippen molar-refractivity contribution in [3.8, 4) is 5.75 Å². The van der Waals surface area contributed by atoms with Gasteiger partial charge in [0.05, 0.1) is 19.3 Å². The maximum atomic E-state index is 13.6. The first-order valence-electron chi connectivity index (χ1n) is 12.4. The summed E-state index contributed by atoms with van der Waals surface area (Å²) >= 11 is 0. The molecule has 4 rings (SSSR count). The van der Waals surface area contributed by atoms with E-state index in [1.807, 2.05) is 19.1 Å². The summed E-state index contributed by atoms with van der Waals surface area (Å²) in [6, 6.07) is 7.15. The third-order valence-electron chi connectivity index (χ3n) is 7.05. The molecule has 2 aromatic rings. The van der Waals surface area contributed by atoms with Crippen LogP contribution in [0.25, 0.3) is 0 Å². The molecule has 9 nitrogen and oxygen atoms in total. The number of rotatable bonds is 8. The molecule has 1 fully saturated rings. The van der Waals surface area contributed by atoms with E-state index in [2.05, 4.69) is 22.7 Å². The van der Waals surface area contributed by atoms with Gasteiger partial charge in [-0.3, -0.25) is 19.1 Å². The lowest BCUT2D eigenvalue weighted by molar-refractivity contribution is -0.133. The van der Waals surface area contributed by atoms with Crippen LogP contribution in [0.3, 0.4) is 0 Å². The molecule has 2 aliphatic rings. The summed E-state index contributed by atoms with van der Waals surface area (Å²) in [4.78, 5) is 41.7.